The Kier molecular flexibility index (Phi) is 2.05. The lowest BCUT2D eigenvalue weighted by Gasteiger charge is -2.01. The molecule has 1 aromatic heterocycles. The number of rotatable bonds is 1. The van der Waals surface area contributed by atoms with Crippen LogP contribution in [-0.2, 0) is 12.8 Å². The van der Waals surface area contributed by atoms with Crippen molar-refractivity contribution in [2.75, 3.05) is 5.75 Å². The summed E-state index contributed by atoms with van der Waals surface area (Å²) in [6.07, 6.45) is 1.65. The van der Waals surface area contributed by atoms with E-state index in [1.54, 1.807) is 17.8 Å². The van der Waals surface area contributed by atoms with Gasteiger partial charge in [-0.2, -0.15) is 0 Å². The van der Waals surface area contributed by atoms with Crippen molar-refractivity contribution in [2.45, 2.75) is 24.8 Å². The van der Waals surface area contributed by atoms with Crippen LogP contribution in [0.15, 0.2) is 11.1 Å². The number of nitrogens with zero attached hydrogens (tertiary/aromatic N) is 1. The van der Waals surface area contributed by atoms with Crippen LogP contribution in [0.1, 0.15) is 18.2 Å². The lowest BCUT2D eigenvalue weighted by atomic mass is 10.2. The lowest BCUT2D eigenvalue weighted by Crippen LogP contribution is -1.96. The number of thioether (sulfide) groups is 1. The largest absolute Gasteiger partial charge is 0.243 e. The van der Waals surface area contributed by atoms with Gasteiger partial charge < -0.3 is 0 Å². The van der Waals surface area contributed by atoms with Crippen molar-refractivity contribution in [1.82, 2.24) is 4.98 Å². The molecular formula is C9H10FNS. The van der Waals surface area contributed by atoms with Crippen molar-refractivity contribution >= 4 is 11.8 Å². The molecule has 0 N–H and O–H groups in total. The fourth-order valence-corrected chi connectivity index (χ4v) is 2.39. The van der Waals surface area contributed by atoms with Gasteiger partial charge in [0.15, 0.2) is 0 Å². The van der Waals surface area contributed by atoms with Crippen LogP contribution in [0.2, 0.25) is 0 Å². The maximum atomic E-state index is 13.2. The van der Waals surface area contributed by atoms with Crippen LogP contribution < -0.4 is 0 Å². The highest BCUT2D eigenvalue weighted by molar-refractivity contribution is 7.99. The zero-order chi connectivity index (χ0) is 8.55. The maximum Gasteiger partial charge on any atom is 0.145 e. The maximum absolute atomic E-state index is 13.2. The number of aromatic nitrogens is 1. The van der Waals surface area contributed by atoms with Gasteiger partial charge in [-0.05, 0) is 24.5 Å². The zero-order valence-corrected chi connectivity index (χ0v) is 7.75. The number of hydrogen-bond acceptors (Lipinski definition) is 2. The van der Waals surface area contributed by atoms with E-state index in [1.165, 1.54) is 0 Å². The van der Waals surface area contributed by atoms with E-state index in [9.17, 15) is 4.39 Å². The molecule has 0 saturated heterocycles. The van der Waals surface area contributed by atoms with Gasteiger partial charge in [-0.1, -0.05) is 6.92 Å². The van der Waals surface area contributed by atoms with Crippen molar-refractivity contribution in [1.29, 1.82) is 0 Å². The molecule has 0 atom stereocenters. The molecule has 0 aliphatic carbocycles. The highest BCUT2D eigenvalue weighted by Crippen LogP contribution is 2.30. The average molecular weight is 183 g/mol. The molecule has 1 aliphatic rings. The van der Waals surface area contributed by atoms with Crippen molar-refractivity contribution in [2.24, 2.45) is 0 Å². The Morgan fingerprint density at radius 3 is 3.25 bits per heavy atom. The molecule has 0 unspecified atom stereocenters. The number of aryl methyl sites for hydroxylation is 2. The minimum absolute atomic E-state index is 0.140. The first-order chi connectivity index (χ1) is 5.81. The topological polar surface area (TPSA) is 12.9 Å². The number of pyridine rings is 1. The third-order valence-corrected chi connectivity index (χ3v) is 3.07. The fraction of sp³-hybridized carbons (Fsp3) is 0.444. The molecule has 0 saturated carbocycles. The Balaban J connectivity index is 2.49. The Labute approximate surface area is 75.4 Å². The fourth-order valence-electron chi connectivity index (χ4n) is 1.36. The van der Waals surface area contributed by atoms with Gasteiger partial charge in [0.05, 0.1) is 10.7 Å². The minimum atomic E-state index is -0.140. The van der Waals surface area contributed by atoms with Crippen molar-refractivity contribution < 1.29 is 4.39 Å². The second-order valence-electron chi connectivity index (χ2n) is 2.83. The van der Waals surface area contributed by atoms with E-state index in [0.717, 1.165) is 22.8 Å². The molecule has 64 valence electrons. The van der Waals surface area contributed by atoms with E-state index in [2.05, 4.69) is 4.98 Å². The van der Waals surface area contributed by atoms with Crippen LogP contribution in [0.25, 0.3) is 0 Å². The summed E-state index contributed by atoms with van der Waals surface area (Å²) in [6.45, 7) is 1.93. The number of halogens is 1. The molecule has 12 heavy (non-hydrogen) atoms. The molecule has 3 heteroatoms. The highest BCUT2D eigenvalue weighted by Gasteiger charge is 2.15. The van der Waals surface area contributed by atoms with Gasteiger partial charge in [0.1, 0.15) is 5.82 Å². The van der Waals surface area contributed by atoms with Crippen LogP contribution in [-0.4, -0.2) is 10.7 Å². The molecule has 0 aromatic carbocycles. The third kappa shape index (κ3) is 1.22. The summed E-state index contributed by atoms with van der Waals surface area (Å²) in [4.78, 5) is 4.26. The molecule has 1 aromatic rings. The van der Waals surface area contributed by atoms with E-state index in [0.29, 0.717) is 12.1 Å². The Bertz CT molecular complexity index is 311. The van der Waals surface area contributed by atoms with Crippen molar-refractivity contribution in [3.05, 3.63) is 23.1 Å². The SMILES string of the molecule is CCc1nc2c(cc1F)CCS2. The summed E-state index contributed by atoms with van der Waals surface area (Å²) in [6, 6.07) is 1.64. The molecule has 0 radical (unpaired) electrons. The first-order valence-corrected chi connectivity index (χ1v) is 5.11. The Hall–Kier alpha value is -0.570. The molecule has 2 heterocycles. The van der Waals surface area contributed by atoms with Crippen LogP contribution in [0, 0.1) is 5.82 Å². The standard InChI is InChI=1S/C9H10FNS/c1-2-8-7(10)5-6-3-4-12-9(6)11-8/h5H,2-4H2,1H3. The van der Waals surface area contributed by atoms with Gasteiger partial charge in [0.2, 0.25) is 0 Å². The summed E-state index contributed by atoms with van der Waals surface area (Å²) >= 11 is 1.73. The van der Waals surface area contributed by atoms with Crippen molar-refractivity contribution in [3.8, 4) is 0 Å². The molecule has 1 aliphatic heterocycles. The molecule has 1 nitrogen and oxygen atoms in total. The second-order valence-corrected chi connectivity index (χ2v) is 3.92. The summed E-state index contributed by atoms with van der Waals surface area (Å²) in [5.74, 6) is 0.910. The van der Waals surface area contributed by atoms with E-state index in [-0.39, 0.29) is 5.82 Å². The predicted molar refractivity (Wildman–Crippen MR) is 48.0 cm³/mol. The molecule has 0 spiro atoms. The monoisotopic (exact) mass is 183 g/mol. The van der Waals surface area contributed by atoms with Crippen LogP contribution in [0.5, 0.6) is 0 Å². The van der Waals surface area contributed by atoms with Gasteiger partial charge in [-0.3, -0.25) is 0 Å². The van der Waals surface area contributed by atoms with Crippen LogP contribution >= 0.6 is 11.8 Å². The zero-order valence-electron chi connectivity index (χ0n) is 6.93. The minimum Gasteiger partial charge on any atom is -0.243 e. The lowest BCUT2D eigenvalue weighted by molar-refractivity contribution is 0.594. The van der Waals surface area contributed by atoms with E-state index < -0.39 is 0 Å². The smallest absolute Gasteiger partial charge is 0.145 e. The normalized spacial score (nSPS) is 14.8. The van der Waals surface area contributed by atoms with E-state index in [1.807, 2.05) is 6.92 Å². The molecular weight excluding hydrogens is 173 g/mol. The summed E-state index contributed by atoms with van der Waals surface area (Å²) in [7, 11) is 0. The Morgan fingerprint density at radius 2 is 2.50 bits per heavy atom. The average Bonchev–Trinajstić information content (AvgIpc) is 2.49. The van der Waals surface area contributed by atoms with Gasteiger partial charge in [-0.25, -0.2) is 9.37 Å². The highest BCUT2D eigenvalue weighted by atomic mass is 32.2. The number of hydrogen-bond donors (Lipinski definition) is 0. The second kappa shape index (κ2) is 3.05. The van der Waals surface area contributed by atoms with Gasteiger partial charge in [0.25, 0.3) is 0 Å². The predicted octanol–water partition coefficient (Wildman–Crippen LogP) is 2.43. The van der Waals surface area contributed by atoms with E-state index in [4.69, 9.17) is 0 Å². The summed E-state index contributed by atoms with van der Waals surface area (Å²) in [5.41, 5.74) is 1.68. The third-order valence-electron chi connectivity index (χ3n) is 2.03. The van der Waals surface area contributed by atoms with E-state index >= 15 is 0 Å². The number of fused-ring (bicyclic) bond motifs is 1. The Morgan fingerprint density at radius 1 is 1.67 bits per heavy atom. The molecule has 0 fully saturated rings. The quantitative estimate of drug-likeness (QED) is 0.663. The first-order valence-electron chi connectivity index (χ1n) is 4.12. The summed E-state index contributed by atoms with van der Waals surface area (Å²) in [5, 5.41) is 1.04. The molecule has 0 amide bonds. The van der Waals surface area contributed by atoms with Crippen LogP contribution in [0.3, 0.4) is 0 Å². The van der Waals surface area contributed by atoms with Crippen molar-refractivity contribution in [3.63, 3.8) is 0 Å². The van der Waals surface area contributed by atoms with Gasteiger partial charge in [0, 0.05) is 5.75 Å². The van der Waals surface area contributed by atoms with Crippen LogP contribution in [0.4, 0.5) is 4.39 Å². The molecule has 2 rings (SSSR count). The summed E-state index contributed by atoms with van der Waals surface area (Å²) < 4.78 is 13.2. The molecule has 0 bridgehead atoms. The van der Waals surface area contributed by atoms with Gasteiger partial charge >= 0.3 is 0 Å². The first kappa shape index (κ1) is 8.05. The van der Waals surface area contributed by atoms with Gasteiger partial charge in [-0.15, -0.1) is 11.8 Å².